The Morgan fingerprint density at radius 2 is 1.81 bits per heavy atom. The Hall–Kier alpha value is -2.70. The smallest absolute Gasteiger partial charge is 0.307 e. The number of aliphatic carboxylic acids is 1. The second-order valence-corrected chi connectivity index (χ2v) is 7.96. The van der Waals surface area contributed by atoms with E-state index in [9.17, 15) is 19.2 Å². The molecule has 1 saturated carbocycles. The second-order valence-electron chi connectivity index (χ2n) is 7.96. The van der Waals surface area contributed by atoms with Gasteiger partial charge >= 0.3 is 5.97 Å². The lowest BCUT2D eigenvalue weighted by atomic mass is 9.90. The first-order valence-corrected chi connectivity index (χ1v) is 9.33. The van der Waals surface area contributed by atoms with E-state index in [2.05, 4.69) is 5.32 Å². The van der Waals surface area contributed by atoms with Gasteiger partial charge in [-0.1, -0.05) is 12.1 Å². The van der Waals surface area contributed by atoms with Crippen molar-refractivity contribution in [2.75, 3.05) is 13.1 Å². The summed E-state index contributed by atoms with van der Waals surface area (Å²) in [5.74, 6) is -1.81. The van der Waals surface area contributed by atoms with Crippen LogP contribution < -0.4 is 5.32 Å². The van der Waals surface area contributed by atoms with Crippen LogP contribution in [0.15, 0.2) is 24.3 Å². The van der Waals surface area contributed by atoms with Crippen LogP contribution in [0.25, 0.3) is 0 Å². The quantitative estimate of drug-likeness (QED) is 0.776. The van der Waals surface area contributed by atoms with Gasteiger partial charge < -0.3 is 10.0 Å². The van der Waals surface area contributed by atoms with Crippen molar-refractivity contribution in [1.29, 1.82) is 0 Å². The molecule has 2 atom stereocenters. The second kappa shape index (κ2) is 6.48. The van der Waals surface area contributed by atoms with E-state index < -0.39 is 5.97 Å². The number of carbonyl (C=O) groups is 4. The number of carboxylic acids is 1. The fraction of sp³-hybridized carbons (Fsp3) is 0.500. The molecule has 3 aliphatic rings. The fourth-order valence-electron chi connectivity index (χ4n) is 4.43. The lowest BCUT2D eigenvalue weighted by Crippen LogP contribution is -2.40. The Bertz CT molecular complexity index is 808. The molecule has 1 aliphatic carbocycles. The van der Waals surface area contributed by atoms with Gasteiger partial charge in [0.05, 0.1) is 11.8 Å². The van der Waals surface area contributed by atoms with Crippen LogP contribution in [0, 0.1) is 17.3 Å². The first-order valence-electron chi connectivity index (χ1n) is 9.33. The largest absolute Gasteiger partial charge is 0.481 e. The van der Waals surface area contributed by atoms with Gasteiger partial charge in [-0.25, -0.2) is 0 Å². The molecule has 2 N–H and O–H groups in total. The number of hydrogen-bond acceptors (Lipinski definition) is 4. The first-order chi connectivity index (χ1) is 12.9. The first kappa shape index (κ1) is 17.7. The van der Waals surface area contributed by atoms with Crippen LogP contribution in [0.1, 0.15) is 41.6 Å². The minimum Gasteiger partial charge on any atom is -0.481 e. The maximum atomic E-state index is 12.7. The van der Waals surface area contributed by atoms with Gasteiger partial charge in [0, 0.05) is 25.1 Å². The SMILES string of the molecule is O=C1CC(Cc2ccc(C(=O)N3CCC4(CC3)CC4C(=O)O)cc2)C(=O)N1. The van der Waals surface area contributed by atoms with E-state index in [1.807, 2.05) is 12.1 Å². The number of nitrogens with zero attached hydrogens (tertiary/aromatic N) is 1. The van der Waals surface area contributed by atoms with Crippen molar-refractivity contribution < 1.29 is 24.3 Å². The van der Waals surface area contributed by atoms with Crippen molar-refractivity contribution in [2.24, 2.45) is 17.3 Å². The molecule has 0 aromatic heterocycles. The van der Waals surface area contributed by atoms with Crippen LogP contribution >= 0.6 is 0 Å². The summed E-state index contributed by atoms with van der Waals surface area (Å²) in [5, 5.41) is 11.5. The highest BCUT2D eigenvalue weighted by Gasteiger charge is 2.59. The Morgan fingerprint density at radius 3 is 2.33 bits per heavy atom. The summed E-state index contributed by atoms with van der Waals surface area (Å²) in [6.45, 7) is 1.18. The number of piperidine rings is 1. The van der Waals surface area contributed by atoms with Crippen LogP contribution in [0.2, 0.25) is 0 Å². The minimum atomic E-state index is -0.719. The molecular weight excluding hydrogens is 348 g/mol. The minimum absolute atomic E-state index is 0.0438. The average molecular weight is 370 g/mol. The number of likely N-dealkylation sites (tertiary alicyclic amines) is 1. The highest BCUT2D eigenvalue weighted by molar-refractivity contribution is 6.03. The van der Waals surface area contributed by atoms with Gasteiger partial charge in [0.15, 0.2) is 0 Å². The van der Waals surface area contributed by atoms with Crippen molar-refractivity contribution in [2.45, 2.75) is 32.1 Å². The van der Waals surface area contributed by atoms with E-state index in [4.69, 9.17) is 5.11 Å². The third kappa shape index (κ3) is 3.34. The molecule has 1 aromatic rings. The van der Waals surface area contributed by atoms with Crippen LogP contribution in [-0.4, -0.2) is 46.8 Å². The van der Waals surface area contributed by atoms with Crippen molar-refractivity contribution in [3.05, 3.63) is 35.4 Å². The van der Waals surface area contributed by atoms with Gasteiger partial charge in [-0.2, -0.15) is 0 Å². The third-order valence-corrected chi connectivity index (χ3v) is 6.28. The lowest BCUT2D eigenvalue weighted by molar-refractivity contribution is -0.139. The number of benzene rings is 1. The maximum Gasteiger partial charge on any atom is 0.307 e. The number of carbonyl (C=O) groups excluding carboxylic acids is 3. The number of nitrogens with one attached hydrogen (secondary N) is 1. The summed E-state index contributed by atoms with van der Waals surface area (Å²) in [4.78, 5) is 48.6. The summed E-state index contributed by atoms with van der Waals surface area (Å²) in [5.41, 5.74) is 1.42. The number of amides is 3. The molecule has 7 heteroatoms. The molecule has 0 radical (unpaired) electrons. The topological polar surface area (TPSA) is 104 Å². The molecule has 4 rings (SSSR count). The number of hydrogen-bond donors (Lipinski definition) is 2. The molecule has 2 aliphatic heterocycles. The molecular formula is C20H22N2O5. The standard InChI is InChI=1S/C20H22N2O5/c23-16-10-14(17(24)21-16)9-12-1-3-13(4-2-12)18(25)22-7-5-20(6-8-22)11-15(20)19(26)27/h1-4,14-15H,5-11H2,(H,26,27)(H,21,23,24). The molecule has 1 aromatic carbocycles. The zero-order valence-corrected chi connectivity index (χ0v) is 14.9. The van der Waals surface area contributed by atoms with Crippen molar-refractivity contribution >= 4 is 23.7 Å². The highest BCUT2D eigenvalue weighted by atomic mass is 16.4. The van der Waals surface area contributed by atoms with E-state index in [0.29, 0.717) is 25.1 Å². The monoisotopic (exact) mass is 370 g/mol. The highest BCUT2D eigenvalue weighted by Crippen LogP contribution is 2.59. The van der Waals surface area contributed by atoms with Crippen molar-refractivity contribution in [1.82, 2.24) is 10.2 Å². The number of imide groups is 1. The van der Waals surface area contributed by atoms with Gasteiger partial charge in [0.25, 0.3) is 5.91 Å². The normalized spacial score (nSPS) is 26.1. The molecule has 3 fully saturated rings. The summed E-state index contributed by atoms with van der Waals surface area (Å²) in [6, 6.07) is 7.17. The van der Waals surface area contributed by atoms with Gasteiger partial charge in [0.1, 0.15) is 0 Å². The van der Waals surface area contributed by atoms with Crippen LogP contribution in [0.4, 0.5) is 0 Å². The van der Waals surface area contributed by atoms with Crippen molar-refractivity contribution in [3.63, 3.8) is 0 Å². The zero-order chi connectivity index (χ0) is 19.2. The predicted molar refractivity (Wildman–Crippen MR) is 94.7 cm³/mol. The molecule has 7 nitrogen and oxygen atoms in total. The summed E-state index contributed by atoms with van der Waals surface area (Å²) in [6.07, 6.45) is 2.93. The number of rotatable bonds is 4. The molecule has 142 valence electrons. The maximum absolute atomic E-state index is 12.7. The van der Waals surface area contributed by atoms with Gasteiger partial charge in [0.2, 0.25) is 11.8 Å². The van der Waals surface area contributed by atoms with E-state index in [1.165, 1.54) is 0 Å². The van der Waals surface area contributed by atoms with E-state index in [1.54, 1.807) is 17.0 Å². The zero-order valence-electron chi connectivity index (χ0n) is 14.9. The van der Waals surface area contributed by atoms with Crippen LogP contribution in [0.3, 0.4) is 0 Å². The molecule has 2 heterocycles. The molecule has 0 bridgehead atoms. The Labute approximate surface area is 156 Å². The third-order valence-electron chi connectivity index (χ3n) is 6.28. The van der Waals surface area contributed by atoms with Crippen LogP contribution in [0.5, 0.6) is 0 Å². The lowest BCUT2D eigenvalue weighted by Gasteiger charge is -2.32. The van der Waals surface area contributed by atoms with E-state index in [0.717, 1.165) is 24.8 Å². The Kier molecular flexibility index (Phi) is 4.25. The molecule has 27 heavy (non-hydrogen) atoms. The van der Waals surface area contributed by atoms with E-state index in [-0.39, 0.29) is 41.4 Å². The predicted octanol–water partition coefficient (Wildman–Crippen LogP) is 1.22. The fourth-order valence-corrected chi connectivity index (χ4v) is 4.43. The van der Waals surface area contributed by atoms with Crippen LogP contribution in [-0.2, 0) is 20.8 Å². The van der Waals surface area contributed by atoms with E-state index >= 15 is 0 Å². The summed E-state index contributed by atoms with van der Waals surface area (Å²) < 4.78 is 0. The molecule has 3 amide bonds. The van der Waals surface area contributed by atoms with Gasteiger partial charge in [-0.05, 0) is 48.8 Å². The van der Waals surface area contributed by atoms with Crippen molar-refractivity contribution in [3.8, 4) is 0 Å². The number of carboxylic acid groups (broad SMARTS) is 1. The molecule has 1 spiro atoms. The average Bonchev–Trinajstić information content (AvgIpc) is 3.26. The Morgan fingerprint density at radius 1 is 1.15 bits per heavy atom. The summed E-state index contributed by atoms with van der Waals surface area (Å²) in [7, 11) is 0. The molecule has 2 saturated heterocycles. The Balaban J connectivity index is 1.34. The summed E-state index contributed by atoms with van der Waals surface area (Å²) >= 11 is 0. The van der Waals surface area contributed by atoms with Gasteiger partial charge in [-0.3, -0.25) is 24.5 Å². The molecule has 2 unspecified atom stereocenters. The van der Waals surface area contributed by atoms with Gasteiger partial charge in [-0.15, -0.1) is 0 Å².